The maximum Gasteiger partial charge on any atom is 0.172 e. The van der Waals surface area contributed by atoms with Gasteiger partial charge in [-0.2, -0.15) is 0 Å². The summed E-state index contributed by atoms with van der Waals surface area (Å²) in [6.07, 6.45) is 1.03. The van der Waals surface area contributed by atoms with Crippen LogP contribution in [0.3, 0.4) is 0 Å². The predicted molar refractivity (Wildman–Crippen MR) is 97.9 cm³/mol. The minimum absolute atomic E-state index is 0.435. The second kappa shape index (κ2) is 8.01. The van der Waals surface area contributed by atoms with Crippen molar-refractivity contribution in [3.63, 3.8) is 0 Å². The maximum atomic E-state index is 5.22. The van der Waals surface area contributed by atoms with Gasteiger partial charge in [0.25, 0.3) is 0 Å². The van der Waals surface area contributed by atoms with E-state index in [0.717, 1.165) is 42.1 Å². The van der Waals surface area contributed by atoms with E-state index in [2.05, 4.69) is 70.0 Å². The molecule has 0 amide bonds. The van der Waals surface area contributed by atoms with Gasteiger partial charge in [-0.15, -0.1) is 11.3 Å². The first-order valence-electron chi connectivity index (χ1n) is 6.31. The van der Waals surface area contributed by atoms with E-state index in [-0.39, 0.29) is 0 Å². The average Bonchev–Trinajstić information content (AvgIpc) is 2.80. The number of nitrogens with zero attached hydrogens (tertiary/aromatic N) is 2. The van der Waals surface area contributed by atoms with Gasteiger partial charge < -0.3 is 10.1 Å². The molecule has 114 valence electrons. The number of nitrogens with one attached hydrogen (secondary N) is 1. The van der Waals surface area contributed by atoms with Crippen molar-refractivity contribution in [3.8, 4) is 10.7 Å². The summed E-state index contributed by atoms with van der Waals surface area (Å²) in [6.45, 7) is 3.41. The van der Waals surface area contributed by atoms with Gasteiger partial charge in [0.1, 0.15) is 5.82 Å². The van der Waals surface area contributed by atoms with Crippen LogP contribution in [0.2, 0.25) is 0 Å². The van der Waals surface area contributed by atoms with Gasteiger partial charge in [-0.05, 0) is 60.3 Å². The van der Waals surface area contributed by atoms with Crippen LogP contribution < -0.4 is 5.32 Å². The zero-order valence-corrected chi connectivity index (χ0v) is 17.1. The number of halogens is 3. The standard InChI is InChI=1S/C13H14Br3N3OS/c1-3-4-17-13-10(15)8(6-20-2)18-12(19-13)9-5-7(14)11(16)21-9/h5H,3-4,6H2,1-2H3,(H,17,18,19). The molecule has 2 aromatic heterocycles. The normalized spacial score (nSPS) is 10.9. The van der Waals surface area contributed by atoms with Crippen molar-refractivity contribution >= 4 is 64.9 Å². The summed E-state index contributed by atoms with van der Waals surface area (Å²) in [4.78, 5) is 10.2. The molecule has 1 N–H and O–H groups in total. The lowest BCUT2D eigenvalue weighted by molar-refractivity contribution is 0.181. The van der Waals surface area contributed by atoms with Crippen LogP contribution in [0.15, 0.2) is 18.8 Å². The molecule has 0 unspecified atom stereocenters. The first-order valence-corrected chi connectivity index (χ1v) is 9.50. The fourth-order valence-corrected chi connectivity index (χ4v) is 4.06. The number of rotatable bonds is 6. The minimum atomic E-state index is 0.435. The van der Waals surface area contributed by atoms with Crippen LogP contribution in [0.4, 0.5) is 5.82 Å². The molecule has 2 heterocycles. The molecule has 21 heavy (non-hydrogen) atoms. The van der Waals surface area contributed by atoms with Crippen LogP contribution in [0.25, 0.3) is 10.7 Å². The first kappa shape index (κ1) is 17.3. The summed E-state index contributed by atoms with van der Waals surface area (Å²) in [5.74, 6) is 1.50. The van der Waals surface area contributed by atoms with Crippen molar-refractivity contribution in [1.29, 1.82) is 0 Å². The van der Waals surface area contributed by atoms with E-state index in [4.69, 9.17) is 4.74 Å². The Kier molecular flexibility index (Phi) is 6.61. The van der Waals surface area contributed by atoms with Crippen molar-refractivity contribution in [2.45, 2.75) is 20.0 Å². The van der Waals surface area contributed by atoms with Crippen LogP contribution in [0.1, 0.15) is 19.0 Å². The fraction of sp³-hybridized carbons (Fsp3) is 0.385. The number of methoxy groups -OCH3 is 1. The molecule has 0 radical (unpaired) electrons. The molecule has 0 aliphatic heterocycles. The van der Waals surface area contributed by atoms with E-state index < -0.39 is 0 Å². The summed E-state index contributed by atoms with van der Waals surface area (Å²) in [6, 6.07) is 2.01. The van der Waals surface area contributed by atoms with Gasteiger partial charge in [0.05, 0.1) is 25.4 Å². The molecule has 0 saturated heterocycles. The third-order valence-electron chi connectivity index (χ3n) is 2.61. The zero-order valence-electron chi connectivity index (χ0n) is 11.5. The molecule has 0 atom stereocenters. The Morgan fingerprint density at radius 3 is 2.62 bits per heavy atom. The molecule has 8 heteroatoms. The molecular formula is C13H14Br3N3OS. The Balaban J connectivity index is 2.47. The second-order valence-electron chi connectivity index (χ2n) is 4.25. The number of anilines is 1. The molecule has 0 aliphatic rings. The van der Waals surface area contributed by atoms with E-state index in [1.165, 1.54) is 0 Å². The monoisotopic (exact) mass is 497 g/mol. The highest BCUT2D eigenvalue weighted by Gasteiger charge is 2.15. The topological polar surface area (TPSA) is 47.0 Å². The Morgan fingerprint density at radius 2 is 2.05 bits per heavy atom. The molecule has 2 aromatic rings. The predicted octanol–water partition coefficient (Wildman–Crippen LogP) is 5.46. The lowest BCUT2D eigenvalue weighted by atomic mass is 10.3. The molecule has 0 bridgehead atoms. The number of ether oxygens (including phenoxy) is 1. The van der Waals surface area contributed by atoms with Crippen molar-refractivity contribution < 1.29 is 4.74 Å². The Bertz CT molecular complexity index is 614. The van der Waals surface area contributed by atoms with Crippen LogP contribution >= 0.6 is 59.1 Å². The fourth-order valence-electron chi connectivity index (χ4n) is 1.65. The largest absolute Gasteiger partial charge is 0.378 e. The number of thiophene rings is 1. The average molecular weight is 500 g/mol. The van der Waals surface area contributed by atoms with Crippen LogP contribution in [0, 0.1) is 0 Å². The van der Waals surface area contributed by atoms with E-state index in [1.54, 1.807) is 18.4 Å². The number of hydrogen-bond donors (Lipinski definition) is 1. The molecule has 0 aliphatic carbocycles. The second-order valence-corrected chi connectivity index (χ2v) is 8.27. The highest BCUT2D eigenvalue weighted by atomic mass is 79.9. The van der Waals surface area contributed by atoms with Gasteiger partial charge in [0.15, 0.2) is 5.82 Å². The quantitative estimate of drug-likeness (QED) is 0.573. The van der Waals surface area contributed by atoms with E-state index in [1.807, 2.05) is 6.07 Å². The lowest BCUT2D eigenvalue weighted by Gasteiger charge is -2.11. The zero-order chi connectivity index (χ0) is 15.4. The van der Waals surface area contributed by atoms with E-state index >= 15 is 0 Å². The van der Waals surface area contributed by atoms with Crippen LogP contribution in [-0.2, 0) is 11.3 Å². The lowest BCUT2D eigenvalue weighted by Crippen LogP contribution is -2.07. The van der Waals surface area contributed by atoms with Gasteiger partial charge in [-0.3, -0.25) is 0 Å². The molecule has 0 fully saturated rings. The Hall–Kier alpha value is -0.0200. The van der Waals surface area contributed by atoms with Gasteiger partial charge in [-0.25, -0.2) is 9.97 Å². The van der Waals surface area contributed by atoms with Gasteiger partial charge >= 0.3 is 0 Å². The summed E-state index contributed by atoms with van der Waals surface area (Å²) in [7, 11) is 1.66. The van der Waals surface area contributed by atoms with Crippen LogP contribution in [-0.4, -0.2) is 23.6 Å². The first-order chi connectivity index (χ1) is 10.1. The summed E-state index contributed by atoms with van der Waals surface area (Å²) >= 11 is 12.1. The van der Waals surface area contributed by atoms with Crippen molar-refractivity contribution in [3.05, 3.63) is 24.5 Å². The smallest absolute Gasteiger partial charge is 0.172 e. The third kappa shape index (κ3) is 4.25. The highest BCUT2D eigenvalue weighted by Crippen LogP contribution is 2.38. The Morgan fingerprint density at radius 1 is 1.29 bits per heavy atom. The van der Waals surface area contributed by atoms with Crippen molar-refractivity contribution in [2.75, 3.05) is 19.0 Å². The third-order valence-corrected chi connectivity index (χ3v) is 6.69. The number of hydrogen-bond acceptors (Lipinski definition) is 5. The number of aromatic nitrogens is 2. The Labute approximate surface area is 153 Å². The van der Waals surface area contributed by atoms with E-state index in [0.29, 0.717) is 12.4 Å². The van der Waals surface area contributed by atoms with Crippen molar-refractivity contribution in [1.82, 2.24) is 9.97 Å². The SMILES string of the molecule is CCCNc1nc(-c2cc(Br)c(Br)s2)nc(COC)c1Br. The molecular weight excluding hydrogens is 486 g/mol. The van der Waals surface area contributed by atoms with Gasteiger partial charge in [-0.1, -0.05) is 6.92 Å². The van der Waals surface area contributed by atoms with E-state index in [9.17, 15) is 0 Å². The molecule has 2 rings (SSSR count). The summed E-state index contributed by atoms with van der Waals surface area (Å²) < 4.78 is 8.12. The highest BCUT2D eigenvalue weighted by molar-refractivity contribution is 9.13. The van der Waals surface area contributed by atoms with Gasteiger partial charge in [0.2, 0.25) is 0 Å². The van der Waals surface area contributed by atoms with Crippen molar-refractivity contribution in [2.24, 2.45) is 0 Å². The molecule has 0 saturated carbocycles. The van der Waals surface area contributed by atoms with Gasteiger partial charge in [0, 0.05) is 18.1 Å². The molecule has 0 spiro atoms. The summed E-state index contributed by atoms with van der Waals surface area (Å²) in [5.41, 5.74) is 0.835. The van der Waals surface area contributed by atoms with Crippen LogP contribution in [0.5, 0.6) is 0 Å². The molecule has 0 aromatic carbocycles. The minimum Gasteiger partial charge on any atom is -0.378 e. The molecule has 4 nitrogen and oxygen atoms in total. The summed E-state index contributed by atoms with van der Waals surface area (Å²) in [5, 5.41) is 3.32. The maximum absolute atomic E-state index is 5.22.